The second kappa shape index (κ2) is 29.3. The maximum atomic E-state index is 2.44. The van der Waals surface area contributed by atoms with Gasteiger partial charge in [-0.05, 0) is 216 Å². The van der Waals surface area contributed by atoms with Crippen LogP contribution in [0.3, 0.4) is 0 Å². The van der Waals surface area contributed by atoms with Gasteiger partial charge in [0.15, 0.2) is 0 Å². The number of rotatable bonds is 14. The summed E-state index contributed by atoms with van der Waals surface area (Å²) < 4.78 is 0. The zero-order valence-corrected chi connectivity index (χ0v) is 63.9. The lowest BCUT2D eigenvalue weighted by Gasteiger charge is -2.34. The summed E-state index contributed by atoms with van der Waals surface area (Å²) in [5, 5.41) is 10.2. The molecule has 2 aliphatic rings. The van der Waals surface area contributed by atoms with E-state index in [1.165, 1.54) is 154 Å². The average Bonchev–Trinajstić information content (AvgIpc) is 1.53. The van der Waals surface area contributed by atoms with E-state index >= 15 is 0 Å². The smallest absolute Gasteiger partial charge is 0.0714 e. The van der Waals surface area contributed by atoms with Crippen molar-refractivity contribution in [3.63, 3.8) is 0 Å². The first-order valence-corrected chi connectivity index (χ1v) is 40.2. The Morgan fingerprint density at radius 3 is 0.922 bits per heavy atom. The highest BCUT2D eigenvalue weighted by atomic mass is 15.2. The van der Waals surface area contributed by atoms with Gasteiger partial charge in [-0.15, -0.1) is 0 Å². The van der Waals surface area contributed by atoms with E-state index in [1.807, 2.05) is 0 Å². The summed E-state index contributed by atoms with van der Waals surface area (Å²) >= 11 is 0. The Kier molecular flexibility index (Phi) is 17.4. The fourth-order valence-corrected chi connectivity index (χ4v) is 19.3. The van der Waals surface area contributed by atoms with Gasteiger partial charge in [-0.1, -0.05) is 400 Å². The molecule has 2 nitrogen and oxygen atoms in total. The molecule has 0 amide bonds. The van der Waals surface area contributed by atoms with E-state index < -0.39 is 10.8 Å². The SMILES string of the molecule is c1ccc(N(c2ccc(-c3ccccc3-c3cc4ccccc4c4ccccc34)cc2)c2cccc3c2-c2ccccc2C3(c2ccccc2)c2ccccc2)cc1.c1ccc(N(c2ccc(-c3ccccc3-c3ccc4c(ccc5ccccc54)c3)cc2)c2cccc3c2-c2ccccc2C3(c2ccccc2)c2ccccc2)cc1. The molecule has 2 aliphatic carbocycles. The van der Waals surface area contributed by atoms with Gasteiger partial charge in [-0.3, -0.25) is 0 Å². The zero-order chi connectivity index (χ0) is 76.9. The Bertz CT molecular complexity index is 6960. The van der Waals surface area contributed by atoms with E-state index in [0.29, 0.717) is 0 Å². The minimum absolute atomic E-state index is 0.476. The summed E-state index contributed by atoms with van der Waals surface area (Å²) in [7, 11) is 0. The molecule has 544 valence electrons. The quantitative estimate of drug-likeness (QED) is 0.100. The third-order valence-electron chi connectivity index (χ3n) is 24.3. The number of fused-ring (bicyclic) bond motifs is 12. The number of hydrogen-bond acceptors (Lipinski definition) is 2. The number of nitrogens with zero attached hydrogens (tertiary/aromatic N) is 2. The van der Waals surface area contributed by atoms with Crippen molar-refractivity contribution in [3.8, 4) is 66.8 Å². The van der Waals surface area contributed by atoms with E-state index in [2.05, 4.69) is 483 Å². The minimum atomic E-state index is -0.479. The molecule has 2 heteroatoms. The van der Waals surface area contributed by atoms with Gasteiger partial charge in [0.25, 0.3) is 0 Å². The molecule has 0 aromatic heterocycles. The summed E-state index contributed by atoms with van der Waals surface area (Å²) in [6.45, 7) is 0. The van der Waals surface area contributed by atoms with Crippen LogP contribution in [0.25, 0.3) is 110 Å². The summed E-state index contributed by atoms with van der Waals surface area (Å²) in [6.07, 6.45) is 0. The molecule has 0 saturated heterocycles. The Labute approximate surface area is 677 Å². The largest absolute Gasteiger partial charge is 0.310 e. The predicted octanol–water partition coefficient (Wildman–Crippen LogP) is 30.3. The maximum absolute atomic E-state index is 2.44. The summed E-state index contributed by atoms with van der Waals surface area (Å²) in [6, 6.07) is 173. The fraction of sp³-hybridized carbons (Fsp3) is 0.0175. The molecular weight excluding hydrogens is 1400 g/mol. The lowest BCUT2D eigenvalue weighted by Crippen LogP contribution is -2.28. The van der Waals surface area contributed by atoms with Gasteiger partial charge in [-0.2, -0.15) is 0 Å². The van der Waals surface area contributed by atoms with Crippen LogP contribution in [-0.4, -0.2) is 0 Å². The third kappa shape index (κ3) is 11.5. The van der Waals surface area contributed by atoms with Gasteiger partial charge in [0.2, 0.25) is 0 Å². The molecular formula is C114H78N2. The van der Waals surface area contributed by atoms with Gasteiger partial charge in [0, 0.05) is 33.9 Å². The maximum Gasteiger partial charge on any atom is 0.0714 e. The monoisotopic (exact) mass is 1470 g/mol. The first kappa shape index (κ1) is 69.0. The van der Waals surface area contributed by atoms with Gasteiger partial charge in [0.05, 0.1) is 22.2 Å². The van der Waals surface area contributed by atoms with Crippen LogP contribution in [0.1, 0.15) is 44.5 Å². The van der Waals surface area contributed by atoms with E-state index in [0.717, 1.165) is 34.1 Å². The van der Waals surface area contributed by atoms with Crippen molar-refractivity contribution in [3.05, 3.63) is 518 Å². The molecule has 0 fully saturated rings. The van der Waals surface area contributed by atoms with E-state index in [1.54, 1.807) is 0 Å². The molecule has 0 bridgehead atoms. The average molecular weight is 1480 g/mol. The van der Waals surface area contributed by atoms with Gasteiger partial charge in [0.1, 0.15) is 0 Å². The first-order chi connectivity index (χ1) is 57.6. The summed E-state index contributed by atoms with van der Waals surface area (Å²) in [4.78, 5) is 4.87. The van der Waals surface area contributed by atoms with E-state index in [9.17, 15) is 0 Å². The summed E-state index contributed by atoms with van der Waals surface area (Å²) in [5.74, 6) is 0. The first-order valence-electron chi connectivity index (χ1n) is 40.2. The van der Waals surface area contributed by atoms with Crippen LogP contribution in [0.2, 0.25) is 0 Å². The number of anilines is 6. The standard InChI is InChI=1S/2C57H39N/c1-4-20-42(21-5-1)57(43-22-6-2-7-23-43)53-32-17-16-31-51(53)56-54(57)33-18-34-55(56)58(44-24-8-3-9-25-44)45-37-35-40(36-38-45)46-26-12-13-29-49(46)52-39-41-19-10-11-27-47(41)48-28-14-15-30-50(48)52;1-4-18-44(19-5-1)57(45-20-6-2-7-21-45)53-28-15-14-27-52(53)56-54(57)29-16-30-55(56)58(46-22-8-3-9-23-46)47-36-33-41(34-37-47)49-25-12-13-26-50(49)43-35-38-51-42(39-43)32-31-40-17-10-11-24-48(40)51/h2*1-39H. The van der Waals surface area contributed by atoms with Crippen molar-refractivity contribution < 1.29 is 0 Å². The van der Waals surface area contributed by atoms with Crippen LogP contribution in [0.4, 0.5) is 34.1 Å². The Morgan fingerprint density at radius 1 is 0.155 bits per heavy atom. The van der Waals surface area contributed by atoms with Crippen LogP contribution in [0.5, 0.6) is 0 Å². The Morgan fingerprint density at radius 2 is 0.457 bits per heavy atom. The fourth-order valence-electron chi connectivity index (χ4n) is 19.3. The number of benzene rings is 20. The lowest BCUT2D eigenvalue weighted by molar-refractivity contribution is 0.768. The lowest BCUT2D eigenvalue weighted by atomic mass is 9.68. The Hall–Kier alpha value is -15.0. The number of hydrogen-bond donors (Lipinski definition) is 0. The van der Waals surface area contributed by atoms with Crippen LogP contribution >= 0.6 is 0 Å². The molecule has 116 heavy (non-hydrogen) atoms. The van der Waals surface area contributed by atoms with Crippen molar-refractivity contribution in [2.24, 2.45) is 0 Å². The van der Waals surface area contributed by atoms with Crippen LogP contribution in [0.15, 0.2) is 473 Å². The highest BCUT2D eigenvalue weighted by Gasteiger charge is 2.49. The molecule has 0 unspecified atom stereocenters. The molecule has 0 aliphatic heterocycles. The molecule has 0 N–H and O–H groups in total. The zero-order valence-electron chi connectivity index (χ0n) is 63.9. The van der Waals surface area contributed by atoms with Gasteiger partial charge >= 0.3 is 0 Å². The van der Waals surface area contributed by atoms with Crippen molar-refractivity contribution in [2.75, 3.05) is 9.80 Å². The normalized spacial score (nSPS) is 12.6. The van der Waals surface area contributed by atoms with Crippen molar-refractivity contribution in [2.45, 2.75) is 10.8 Å². The van der Waals surface area contributed by atoms with E-state index in [4.69, 9.17) is 0 Å². The van der Waals surface area contributed by atoms with Crippen LogP contribution in [0, 0.1) is 0 Å². The molecule has 0 spiro atoms. The molecule has 0 atom stereocenters. The van der Waals surface area contributed by atoms with E-state index in [-0.39, 0.29) is 0 Å². The molecule has 22 rings (SSSR count). The topological polar surface area (TPSA) is 6.48 Å². The molecule has 0 radical (unpaired) electrons. The van der Waals surface area contributed by atoms with Crippen molar-refractivity contribution >= 4 is 77.2 Å². The molecule has 0 heterocycles. The highest BCUT2D eigenvalue weighted by molar-refractivity contribution is 6.15. The Balaban J connectivity index is 0.000000145. The number of para-hydroxylation sites is 2. The molecule has 20 aromatic carbocycles. The van der Waals surface area contributed by atoms with Gasteiger partial charge < -0.3 is 9.80 Å². The highest BCUT2D eigenvalue weighted by Crippen LogP contribution is 2.62. The molecule has 0 saturated carbocycles. The second-order valence-corrected chi connectivity index (χ2v) is 30.4. The third-order valence-corrected chi connectivity index (χ3v) is 24.3. The minimum Gasteiger partial charge on any atom is -0.310 e. The van der Waals surface area contributed by atoms with Gasteiger partial charge in [-0.25, -0.2) is 0 Å². The van der Waals surface area contributed by atoms with Crippen LogP contribution in [-0.2, 0) is 10.8 Å². The van der Waals surface area contributed by atoms with Crippen molar-refractivity contribution in [1.82, 2.24) is 0 Å². The molecule has 20 aromatic rings. The predicted molar refractivity (Wildman–Crippen MR) is 489 cm³/mol. The van der Waals surface area contributed by atoms with Crippen LogP contribution < -0.4 is 9.80 Å². The second-order valence-electron chi connectivity index (χ2n) is 30.4. The van der Waals surface area contributed by atoms with Crippen molar-refractivity contribution in [1.29, 1.82) is 0 Å². The summed E-state index contributed by atoms with van der Waals surface area (Å²) in [5.41, 5.74) is 30.8.